The van der Waals surface area contributed by atoms with E-state index in [0.717, 1.165) is 24.6 Å². The molecule has 112 valence electrons. The van der Waals surface area contributed by atoms with Crippen LogP contribution >= 0.6 is 0 Å². The van der Waals surface area contributed by atoms with E-state index in [1.165, 1.54) is 11.1 Å². The Morgan fingerprint density at radius 3 is 2.67 bits per heavy atom. The molecule has 0 aromatic carbocycles. The minimum Gasteiger partial charge on any atom is -0.355 e. The third-order valence-corrected chi connectivity index (χ3v) is 3.40. The van der Waals surface area contributed by atoms with E-state index in [1.54, 1.807) is 6.20 Å². The zero-order valence-electron chi connectivity index (χ0n) is 13.3. The quantitative estimate of drug-likeness (QED) is 0.885. The summed E-state index contributed by atoms with van der Waals surface area (Å²) in [7, 11) is 4.04. The van der Waals surface area contributed by atoms with Gasteiger partial charge in [-0.1, -0.05) is 19.9 Å². The second-order valence-corrected chi connectivity index (χ2v) is 5.66. The van der Waals surface area contributed by atoms with E-state index in [9.17, 15) is 0 Å². The van der Waals surface area contributed by atoms with E-state index < -0.39 is 0 Å². The smallest absolute Gasteiger partial charge is 0.129 e. The van der Waals surface area contributed by atoms with Gasteiger partial charge in [0.2, 0.25) is 0 Å². The summed E-state index contributed by atoms with van der Waals surface area (Å²) in [5.74, 6) is 1.43. The summed E-state index contributed by atoms with van der Waals surface area (Å²) in [5, 5.41) is 3.21. The van der Waals surface area contributed by atoms with Crippen LogP contribution in [-0.4, -0.2) is 24.1 Å². The number of nitrogens with zero attached hydrogens (tertiary/aromatic N) is 3. The van der Waals surface area contributed by atoms with Gasteiger partial charge in [0.15, 0.2) is 0 Å². The fraction of sp³-hybridized carbons (Fsp3) is 0.412. The molecule has 0 saturated carbocycles. The second-order valence-electron chi connectivity index (χ2n) is 5.66. The number of hydrogen-bond acceptors (Lipinski definition) is 4. The van der Waals surface area contributed by atoms with Crippen molar-refractivity contribution in [3.8, 4) is 0 Å². The standard InChI is InChI=1S/C17H24N4/c1-13(2)16-8-15(10-18-3)9-17(20-16)21(4)12-14-6-5-7-19-11-14/h5-9,11,13,18H,10,12H2,1-4H3. The number of aromatic nitrogens is 2. The summed E-state index contributed by atoms with van der Waals surface area (Å²) in [6.07, 6.45) is 3.70. The van der Waals surface area contributed by atoms with Gasteiger partial charge in [-0.05, 0) is 42.3 Å². The van der Waals surface area contributed by atoms with Crippen molar-refractivity contribution in [1.82, 2.24) is 15.3 Å². The van der Waals surface area contributed by atoms with Crippen molar-refractivity contribution in [1.29, 1.82) is 0 Å². The maximum atomic E-state index is 4.79. The van der Waals surface area contributed by atoms with Gasteiger partial charge < -0.3 is 10.2 Å². The van der Waals surface area contributed by atoms with Crippen LogP contribution in [0.1, 0.15) is 36.6 Å². The lowest BCUT2D eigenvalue weighted by Gasteiger charge is -2.21. The van der Waals surface area contributed by atoms with Gasteiger partial charge in [-0.3, -0.25) is 4.98 Å². The van der Waals surface area contributed by atoms with Crippen molar-refractivity contribution in [3.63, 3.8) is 0 Å². The molecule has 0 bridgehead atoms. The molecule has 0 aliphatic heterocycles. The molecule has 0 amide bonds. The van der Waals surface area contributed by atoms with Crippen molar-refractivity contribution < 1.29 is 0 Å². The van der Waals surface area contributed by atoms with Crippen molar-refractivity contribution >= 4 is 5.82 Å². The van der Waals surface area contributed by atoms with Gasteiger partial charge in [-0.25, -0.2) is 4.98 Å². The van der Waals surface area contributed by atoms with E-state index >= 15 is 0 Å². The van der Waals surface area contributed by atoms with Crippen LogP contribution in [0.3, 0.4) is 0 Å². The molecule has 4 nitrogen and oxygen atoms in total. The average molecular weight is 284 g/mol. The second kappa shape index (κ2) is 7.18. The first-order valence-corrected chi connectivity index (χ1v) is 7.35. The van der Waals surface area contributed by atoms with Crippen LogP contribution in [0.25, 0.3) is 0 Å². The van der Waals surface area contributed by atoms with Gasteiger partial charge >= 0.3 is 0 Å². The number of hydrogen-bond donors (Lipinski definition) is 1. The molecule has 0 atom stereocenters. The van der Waals surface area contributed by atoms with Gasteiger partial charge in [0.05, 0.1) is 0 Å². The number of anilines is 1. The monoisotopic (exact) mass is 284 g/mol. The molecule has 0 aliphatic rings. The summed E-state index contributed by atoms with van der Waals surface area (Å²) < 4.78 is 0. The van der Waals surface area contributed by atoms with Crippen molar-refractivity contribution in [3.05, 3.63) is 53.5 Å². The van der Waals surface area contributed by atoms with Crippen molar-refractivity contribution in [2.24, 2.45) is 0 Å². The molecule has 0 radical (unpaired) electrons. The molecule has 2 aromatic heterocycles. The molecule has 0 saturated heterocycles. The summed E-state index contributed by atoms with van der Waals surface area (Å²) >= 11 is 0. The highest BCUT2D eigenvalue weighted by Crippen LogP contribution is 2.20. The zero-order valence-corrected chi connectivity index (χ0v) is 13.3. The van der Waals surface area contributed by atoms with Gasteiger partial charge in [0.1, 0.15) is 5.82 Å². The van der Waals surface area contributed by atoms with E-state index in [2.05, 4.69) is 54.3 Å². The predicted octanol–water partition coefficient (Wildman–Crippen LogP) is 2.96. The molecule has 2 rings (SSSR count). The molecule has 2 aromatic rings. The number of rotatable bonds is 6. The minimum atomic E-state index is 0.423. The Morgan fingerprint density at radius 1 is 1.24 bits per heavy atom. The summed E-state index contributed by atoms with van der Waals surface area (Å²) in [5.41, 5.74) is 3.59. The molecule has 0 spiro atoms. The predicted molar refractivity (Wildman–Crippen MR) is 87.4 cm³/mol. The normalized spacial score (nSPS) is 10.9. The Kier molecular flexibility index (Phi) is 5.28. The molecule has 0 fully saturated rings. The Bertz CT molecular complexity index is 566. The van der Waals surface area contributed by atoms with Crippen LogP contribution in [0.4, 0.5) is 5.82 Å². The number of nitrogens with one attached hydrogen (secondary N) is 1. The number of pyridine rings is 2. The lowest BCUT2D eigenvalue weighted by molar-refractivity contribution is 0.777. The van der Waals surface area contributed by atoms with Crippen LogP contribution in [-0.2, 0) is 13.1 Å². The summed E-state index contributed by atoms with van der Waals surface area (Å²) in [6.45, 7) is 6.02. The van der Waals surface area contributed by atoms with Crippen LogP contribution in [0.5, 0.6) is 0 Å². The molecule has 0 aliphatic carbocycles. The molecule has 21 heavy (non-hydrogen) atoms. The lowest BCUT2D eigenvalue weighted by Crippen LogP contribution is -2.19. The van der Waals surface area contributed by atoms with E-state index in [0.29, 0.717) is 5.92 Å². The van der Waals surface area contributed by atoms with Gasteiger partial charge in [0.25, 0.3) is 0 Å². The first-order chi connectivity index (χ1) is 10.1. The van der Waals surface area contributed by atoms with Crippen LogP contribution in [0.15, 0.2) is 36.7 Å². The summed E-state index contributed by atoms with van der Waals surface area (Å²) in [4.78, 5) is 11.1. The molecular weight excluding hydrogens is 260 g/mol. The third-order valence-electron chi connectivity index (χ3n) is 3.40. The highest BCUT2D eigenvalue weighted by molar-refractivity contribution is 5.43. The Hall–Kier alpha value is -1.94. The Balaban J connectivity index is 2.24. The molecule has 2 heterocycles. The Labute approximate surface area is 127 Å². The van der Waals surface area contributed by atoms with E-state index in [4.69, 9.17) is 4.98 Å². The molecule has 0 unspecified atom stereocenters. The lowest BCUT2D eigenvalue weighted by atomic mass is 10.1. The van der Waals surface area contributed by atoms with E-state index in [1.807, 2.05) is 19.3 Å². The molecular formula is C17H24N4. The third kappa shape index (κ3) is 4.26. The largest absolute Gasteiger partial charge is 0.355 e. The minimum absolute atomic E-state index is 0.423. The van der Waals surface area contributed by atoms with Crippen LogP contribution in [0, 0.1) is 0 Å². The first-order valence-electron chi connectivity index (χ1n) is 7.35. The Morgan fingerprint density at radius 2 is 2.05 bits per heavy atom. The fourth-order valence-electron chi connectivity index (χ4n) is 2.24. The molecule has 4 heteroatoms. The summed E-state index contributed by atoms with van der Waals surface area (Å²) in [6, 6.07) is 8.39. The zero-order chi connectivity index (χ0) is 15.2. The van der Waals surface area contributed by atoms with E-state index in [-0.39, 0.29) is 0 Å². The van der Waals surface area contributed by atoms with Gasteiger partial charge in [-0.15, -0.1) is 0 Å². The van der Waals surface area contributed by atoms with Crippen molar-refractivity contribution in [2.75, 3.05) is 19.0 Å². The topological polar surface area (TPSA) is 41.1 Å². The SMILES string of the molecule is CNCc1cc(C(C)C)nc(N(C)Cc2cccnc2)c1. The maximum absolute atomic E-state index is 4.79. The van der Waals surface area contributed by atoms with Gasteiger partial charge in [0, 0.05) is 38.2 Å². The fourth-order valence-corrected chi connectivity index (χ4v) is 2.24. The van der Waals surface area contributed by atoms with Crippen LogP contribution < -0.4 is 10.2 Å². The average Bonchev–Trinajstić information content (AvgIpc) is 2.48. The first kappa shape index (κ1) is 15.4. The highest BCUT2D eigenvalue weighted by Gasteiger charge is 2.10. The van der Waals surface area contributed by atoms with Crippen molar-refractivity contribution in [2.45, 2.75) is 32.9 Å². The molecule has 1 N–H and O–H groups in total. The maximum Gasteiger partial charge on any atom is 0.129 e. The van der Waals surface area contributed by atoms with Gasteiger partial charge in [-0.2, -0.15) is 0 Å². The van der Waals surface area contributed by atoms with Crippen LogP contribution in [0.2, 0.25) is 0 Å². The highest BCUT2D eigenvalue weighted by atomic mass is 15.2.